The van der Waals surface area contributed by atoms with Crippen molar-refractivity contribution in [3.8, 4) is 22.8 Å². The second-order valence-electron chi connectivity index (χ2n) is 4.93. The van der Waals surface area contributed by atoms with Gasteiger partial charge in [-0.1, -0.05) is 47.3 Å². The van der Waals surface area contributed by atoms with E-state index in [2.05, 4.69) is 20.3 Å². The van der Waals surface area contributed by atoms with Crippen molar-refractivity contribution in [3.63, 3.8) is 0 Å². The predicted molar refractivity (Wildman–Crippen MR) is 86.0 cm³/mol. The van der Waals surface area contributed by atoms with E-state index < -0.39 is 0 Å². The lowest BCUT2D eigenvalue weighted by atomic mass is 10.2. The molecule has 24 heavy (non-hydrogen) atoms. The van der Waals surface area contributed by atoms with E-state index >= 15 is 0 Å². The van der Waals surface area contributed by atoms with E-state index in [0.717, 1.165) is 16.9 Å². The molecule has 0 aliphatic rings. The summed E-state index contributed by atoms with van der Waals surface area (Å²) in [5.74, 6) is 2.68. The molecular formula is C16H12N4O3S. The zero-order valence-corrected chi connectivity index (χ0v) is 13.5. The van der Waals surface area contributed by atoms with Crippen molar-refractivity contribution >= 4 is 11.8 Å². The van der Waals surface area contributed by atoms with Gasteiger partial charge < -0.3 is 13.4 Å². The van der Waals surface area contributed by atoms with Crippen LogP contribution in [0.25, 0.3) is 22.8 Å². The highest BCUT2D eigenvalue weighted by Crippen LogP contribution is 2.28. The lowest BCUT2D eigenvalue weighted by Crippen LogP contribution is -1.82. The molecule has 0 fully saturated rings. The van der Waals surface area contributed by atoms with Crippen LogP contribution in [-0.4, -0.2) is 20.3 Å². The van der Waals surface area contributed by atoms with Crippen LogP contribution in [0.2, 0.25) is 0 Å². The van der Waals surface area contributed by atoms with Gasteiger partial charge in [-0.3, -0.25) is 0 Å². The number of rotatable bonds is 5. The number of benzene rings is 1. The molecular weight excluding hydrogens is 328 g/mol. The molecule has 0 aliphatic carbocycles. The quantitative estimate of drug-likeness (QED) is 0.504. The van der Waals surface area contributed by atoms with Crippen molar-refractivity contribution in [1.82, 2.24) is 20.3 Å². The van der Waals surface area contributed by atoms with Crippen LogP contribution in [0.1, 0.15) is 11.7 Å². The van der Waals surface area contributed by atoms with Gasteiger partial charge in [0, 0.05) is 5.56 Å². The molecule has 0 saturated carbocycles. The second-order valence-corrected chi connectivity index (χ2v) is 5.86. The number of nitrogens with zero attached hydrogens (tertiary/aromatic N) is 4. The number of aryl methyl sites for hydroxylation is 1. The normalized spacial score (nSPS) is 11.0. The Labute approximate surface area is 141 Å². The molecule has 1 aromatic carbocycles. The Bertz CT molecular complexity index is 945. The third kappa shape index (κ3) is 2.95. The topological polar surface area (TPSA) is 91.0 Å². The Hall–Kier alpha value is -2.87. The fourth-order valence-corrected chi connectivity index (χ4v) is 2.73. The summed E-state index contributed by atoms with van der Waals surface area (Å²) < 4.78 is 16.1. The van der Waals surface area contributed by atoms with Gasteiger partial charge in [-0.25, -0.2) is 0 Å². The summed E-state index contributed by atoms with van der Waals surface area (Å²) in [7, 11) is 0. The fourth-order valence-electron chi connectivity index (χ4n) is 2.13. The van der Waals surface area contributed by atoms with Gasteiger partial charge in [0.1, 0.15) is 5.76 Å². The third-order valence-corrected chi connectivity index (χ3v) is 4.12. The van der Waals surface area contributed by atoms with E-state index in [1.165, 1.54) is 11.8 Å². The summed E-state index contributed by atoms with van der Waals surface area (Å²) in [6.45, 7) is 1.84. The summed E-state index contributed by atoms with van der Waals surface area (Å²) in [5.41, 5.74) is 1.70. The van der Waals surface area contributed by atoms with Crippen LogP contribution < -0.4 is 0 Å². The van der Waals surface area contributed by atoms with Gasteiger partial charge in [-0.05, 0) is 13.0 Å². The SMILES string of the molecule is Cc1occc1-c1nnc(SCc2nc(-c3ccccc3)no2)o1. The molecule has 0 bridgehead atoms. The number of hydrogen-bond donors (Lipinski definition) is 0. The molecule has 7 nitrogen and oxygen atoms in total. The molecule has 0 unspecified atom stereocenters. The minimum atomic E-state index is 0.430. The summed E-state index contributed by atoms with van der Waals surface area (Å²) in [4.78, 5) is 4.36. The van der Waals surface area contributed by atoms with E-state index in [-0.39, 0.29) is 0 Å². The fraction of sp³-hybridized carbons (Fsp3) is 0.125. The highest BCUT2D eigenvalue weighted by molar-refractivity contribution is 7.98. The van der Waals surface area contributed by atoms with Crippen LogP contribution in [0, 0.1) is 6.92 Å². The van der Waals surface area contributed by atoms with Gasteiger partial charge in [0.05, 0.1) is 17.6 Å². The molecule has 120 valence electrons. The molecule has 0 amide bonds. The van der Waals surface area contributed by atoms with Gasteiger partial charge in [0.2, 0.25) is 11.7 Å². The lowest BCUT2D eigenvalue weighted by molar-refractivity contribution is 0.391. The molecule has 3 aromatic heterocycles. The summed E-state index contributed by atoms with van der Waals surface area (Å²) in [6, 6.07) is 11.4. The average Bonchev–Trinajstić information content (AvgIpc) is 3.34. The molecule has 0 spiro atoms. The minimum absolute atomic E-state index is 0.430. The lowest BCUT2D eigenvalue weighted by Gasteiger charge is -1.91. The standard InChI is InChI=1S/C16H12N4O3S/c1-10-12(7-8-21-10)15-18-19-16(22-15)24-9-13-17-14(20-23-13)11-5-3-2-4-6-11/h2-8H,9H2,1H3. The first-order valence-corrected chi connectivity index (χ1v) is 8.17. The molecule has 0 aliphatic heterocycles. The van der Waals surface area contributed by atoms with Crippen LogP contribution >= 0.6 is 11.8 Å². The zero-order chi connectivity index (χ0) is 16.4. The second kappa shape index (κ2) is 6.32. The van der Waals surface area contributed by atoms with E-state index in [9.17, 15) is 0 Å². The Kier molecular flexibility index (Phi) is 3.87. The van der Waals surface area contributed by atoms with E-state index in [0.29, 0.717) is 28.6 Å². The maximum Gasteiger partial charge on any atom is 0.277 e. The molecule has 4 rings (SSSR count). The number of aromatic nitrogens is 4. The maximum absolute atomic E-state index is 5.61. The van der Waals surface area contributed by atoms with Gasteiger partial charge in [-0.2, -0.15) is 4.98 Å². The highest BCUT2D eigenvalue weighted by atomic mass is 32.2. The van der Waals surface area contributed by atoms with Crippen molar-refractivity contribution < 1.29 is 13.4 Å². The molecule has 0 atom stereocenters. The first kappa shape index (κ1) is 14.7. The third-order valence-electron chi connectivity index (χ3n) is 3.31. The molecule has 0 radical (unpaired) electrons. The Morgan fingerprint density at radius 3 is 2.75 bits per heavy atom. The van der Waals surface area contributed by atoms with Crippen LogP contribution in [-0.2, 0) is 5.75 Å². The maximum atomic E-state index is 5.61. The van der Waals surface area contributed by atoms with Gasteiger partial charge in [0.15, 0.2) is 0 Å². The van der Waals surface area contributed by atoms with Crippen molar-refractivity contribution in [3.05, 3.63) is 54.3 Å². The van der Waals surface area contributed by atoms with Crippen molar-refractivity contribution in [2.75, 3.05) is 0 Å². The first-order valence-electron chi connectivity index (χ1n) is 7.18. The highest BCUT2D eigenvalue weighted by Gasteiger charge is 2.15. The summed E-state index contributed by atoms with van der Waals surface area (Å²) >= 11 is 1.34. The monoisotopic (exact) mass is 340 g/mol. The Balaban J connectivity index is 1.44. The molecule has 3 heterocycles. The van der Waals surface area contributed by atoms with Crippen LogP contribution in [0.4, 0.5) is 0 Å². The van der Waals surface area contributed by atoms with Gasteiger partial charge in [-0.15, -0.1) is 10.2 Å². The van der Waals surface area contributed by atoms with Crippen LogP contribution in [0.15, 0.2) is 61.2 Å². The van der Waals surface area contributed by atoms with Crippen molar-refractivity contribution in [2.24, 2.45) is 0 Å². The first-order chi connectivity index (χ1) is 11.8. The summed E-state index contributed by atoms with van der Waals surface area (Å²) in [6.07, 6.45) is 1.59. The molecule has 0 saturated heterocycles. The predicted octanol–water partition coefficient (Wildman–Crippen LogP) is 3.98. The van der Waals surface area contributed by atoms with Crippen molar-refractivity contribution in [1.29, 1.82) is 0 Å². The Morgan fingerprint density at radius 2 is 1.96 bits per heavy atom. The molecule has 8 heteroatoms. The van der Waals surface area contributed by atoms with Gasteiger partial charge >= 0.3 is 0 Å². The number of thioether (sulfide) groups is 1. The van der Waals surface area contributed by atoms with Crippen LogP contribution in [0.3, 0.4) is 0 Å². The van der Waals surface area contributed by atoms with Crippen molar-refractivity contribution in [2.45, 2.75) is 17.9 Å². The largest absolute Gasteiger partial charge is 0.469 e. The summed E-state index contributed by atoms with van der Waals surface area (Å²) in [5, 5.41) is 12.4. The number of hydrogen-bond acceptors (Lipinski definition) is 8. The molecule has 4 aromatic rings. The van der Waals surface area contributed by atoms with E-state index in [1.54, 1.807) is 12.3 Å². The number of furan rings is 1. The van der Waals surface area contributed by atoms with Crippen LogP contribution in [0.5, 0.6) is 0 Å². The zero-order valence-electron chi connectivity index (χ0n) is 12.7. The van der Waals surface area contributed by atoms with Gasteiger partial charge in [0.25, 0.3) is 11.1 Å². The van der Waals surface area contributed by atoms with E-state index in [4.69, 9.17) is 13.4 Å². The smallest absolute Gasteiger partial charge is 0.277 e. The van der Waals surface area contributed by atoms with E-state index in [1.807, 2.05) is 37.3 Å². The molecule has 0 N–H and O–H groups in total. The average molecular weight is 340 g/mol. The Morgan fingerprint density at radius 1 is 1.08 bits per heavy atom. The minimum Gasteiger partial charge on any atom is -0.469 e.